The maximum atomic E-state index is 11.0. The minimum Gasteiger partial charge on any atom is -0.336 e. The minimum atomic E-state index is 0.399. The summed E-state index contributed by atoms with van der Waals surface area (Å²) in [5, 5.41) is 0. The van der Waals surface area contributed by atoms with Crippen LogP contribution in [0.1, 0.15) is 12.8 Å². The summed E-state index contributed by atoms with van der Waals surface area (Å²) >= 11 is 0. The Labute approximate surface area is 56.4 Å². The van der Waals surface area contributed by atoms with E-state index >= 15 is 0 Å². The van der Waals surface area contributed by atoms with Crippen molar-refractivity contribution in [3.8, 4) is 0 Å². The highest BCUT2D eigenvalue weighted by Gasteiger charge is 2.33. The predicted molar refractivity (Wildman–Crippen MR) is 37.9 cm³/mol. The summed E-state index contributed by atoms with van der Waals surface area (Å²) in [6, 6.07) is 0. The lowest BCUT2D eigenvalue weighted by Gasteiger charge is -2.12. The third kappa shape index (κ3) is 0.770. The van der Waals surface area contributed by atoms with E-state index in [1.165, 1.54) is 12.8 Å². The largest absolute Gasteiger partial charge is 0.336 e. The first-order valence-corrected chi connectivity index (χ1v) is 4.69. The van der Waals surface area contributed by atoms with Gasteiger partial charge in [0, 0.05) is 18.5 Å². The van der Waals surface area contributed by atoms with Gasteiger partial charge >= 0.3 is 0 Å². The van der Waals surface area contributed by atoms with Crippen molar-refractivity contribution < 1.29 is 4.79 Å². The van der Waals surface area contributed by atoms with Crippen molar-refractivity contribution in [1.82, 2.24) is 4.90 Å². The number of fused-ring (bicyclic) bond motifs is 1. The fraction of sp³-hybridized carbons (Fsp3) is 0.833. The highest BCUT2D eigenvalue weighted by atomic mass is 31.1. The monoisotopic (exact) mass is 143 g/mol. The van der Waals surface area contributed by atoms with E-state index in [0.717, 1.165) is 21.3 Å². The van der Waals surface area contributed by atoms with Crippen LogP contribution >= 0.6 is 8.58 Å². The Kier molecular flexibility index (Phi) is 1.23. The van der Waals surface area contributed by atoms with Crippen LogP contribution in [0.3, 0.4) is 0 Å². The molecule has 0 aromatic heterocycles. The van der Waals surface area contributed by atoms with Gasteiger partial charge in [0.25, 0.3) is 0 Å². The highest BCUT2D eigenvalue weighted by Crippen LogP contribution is 2.37. The molecule has 0 N–H and O–H groups in total. The molecule has 1 amide bonds. The number of rotatable bonds is 0. The van der Waals surface area contributed by atoms with Crippen LogP contribution in [0.5, 0.6) is 0 Å². The molecule has 0 aromatic carbocycles. The van der Waals surface area contributed by atoms with E-state index in [1.807, 2.05) is 0 Å². The van der Waals surface area contributed by atoms with E-state index < -0.39 is 0 Å². The van der Waals surface area contributed by atoms with E-state index in [4.69, 9.17) is 0 Å². The zero-order valence-corrected chi connectivity index (χ0v) is 6.26. The van der Waals surface area contributed by atoms with Crippen LogP contribution < -0.4 is 0 Å². The van der Waals surface area contributed by atoms with E-state index in [-0.39, 0.29) is 0 Å². The second-order valence-electron chi connectivity index (χ2n) is 2.63. The molecule has 50 valence electrons. The number of hydrogen-bond acceptors (Lipinski definition) is 1. The maximum Gasteiger partial charge on any atom is 0.227 e. The average molecular weight is 143 g/mol. The predicted octanol–water partition coefficient (Wildman–Crippen LogP) is 0.627. The van der Waals surface area contributed by atoms with Gasteiger partial charge in [-0.1, -0.05) is 8.58 Å². The molecule has 3 heteroatoms. The third-order valence-corrected chi connectivity index (χ3v) is 3.64. The van der Waals surface area contributed by atoms with Gasteiger partial charge in [0.15, 0.2) is 0 Å². The standard InChI is InChI=1S/C6H10NOP/c8-5-4-9-6-2-1-3-7(5)6/h6,9H,1-4H2. The molecule has 0 aliphatic carbocycles. The van der Waals surface area contributed by atoms with Crippen LogP contribution in [-0.2, 0) is 4.79 Å². The van der Waals surface area contributed by atoms with Crippen LogP contribution in [0.2, 0.25) is 0 Å². The first-order chi connectivity index (χ1) is 4.38. The Bertz CT molecular complexity index is 148. The van der Waals surface area contributed by atoms with Crippen molar-refractivity contribution in [2.45, 2.75) is 18.6 Å². The second-order valence-corrected chi connectivity index (χ2v) is 4.05. The Balaban J connectivity index is 2.15. The minimum absolute atomic E-state index is 0.399. The first kappa shape index (κ1) is 5.67. The SMILES string of the molecule is O=C1CPC2CCCN12. The van der Waals surface area contributed by atoms with Crippen molar-refractivity contribution >= 4 is 14.5 Å². The summed E-state index contributed by atoms with van der Waals surface area (Å²) in [7, 11) is 0.899. The van der Waals surface area contributed by atoms with E-state index in [0.29, 0.717) is 11.7 Å². The van der Waals surface area contributed by atoms with E-state index in [2.05, 4.69) is 4.90 Å². The van der Waals surface area contributed by atoms with E-state index in [1.54, 1.807) is 0 Å². The zero-order chi connectivity index (χ0) is 6.27. The Morgan fingerprint density at radius 3 is 3.33 bits per heavy atom. The van der Waals surface area contributed by atoms with Gasteiger partial charge in [-0.3, -0.25) is 4.79 Å². The van der Waals surface area contributed by atoms with Crippen molar-refractivity contribution in [3.05, 3.63) is 0 Å². The van der Waals surface area contributed by atoms with Crippen molar-refractivity contribution in [2.24, 2.45) is 0 Å². The van der Waals surface area contributed by atoms with Crippen molar-refractivity contribution in [2.75, 3.05) is 12.7 Å². The Morgan fingerprint density at radius 2 is 2.56 bits per heavy atom. The number of carbonyl (C=O) groups is 1. The highest BCUT2D eigenvalue weighted by molar-refractivity contribution is 7.41. The molecule has 2 rings (SSSR count). The summed E-state index contributed by atoms with van der Waals surface area (Å²) in [4.78, 5) is 13.0. The normalized spacial score (nSPS) is 36.2. The van der Waals surface area contributed by atoms with Gasteiger partial charge < -0.3 is 4.90 Å². The molecule has 2 nitrogen and oxygen atoms in total. The van der Waals surface area contributed by atoms with Gasteiger partial charge in [-0.2, -0.15) is 0 Å². The fourth-order valence-corrected chi connectivity index (χ4v) is 3.10. The molecule has 0 saturated carbocycles. The lowest BCUT2D eigenvalue weighted by molar-refractivity contribution is -0.126. The first-order valence-electron chi connectivity index (χ1n) is 3.41. The Morgan fingerprint density at radius 1 is 1.67 bits per heavy atom. The topological polar surface area (TPSA) is 20.3 Å². The number of hydrogen-bond donors (Lipinski definition) is 0. The van der Waals surface area contributed by atoms with Gasteiger partial charge in [0.05, 0.1) is 0 Å². The molecule has 9 heavy (non-hydrogen) atoms. The average Bonchev–Trinajstić information content (AvgIpc) is 2.35. The van der Waals surface area contributed by atoms with Gasteiger partial charge in [0.1, 0.15) is 0 Å². The number of amides is 1. The Hall–Kier alpha value is -0.100. The smallest absolute Gasteiger partial charge is 0.227 e. The molecular weight excluding hydrogens is 133 g/mol. The van der Waals surface area contributed by atoms with Gasteiger partial charge in [0.2, 0.25) is 5.91 Å². The summed E-state index contributed by atoms with van der Waals surface area (Å²) in [5.41, 5.74) is 0. The van der Waals surface area contributed by atoms with Crippen LogP contribution in [0.4, 0.5) is 0 Å². The zero-order valence-electron chi connectivity index (χ0n) is 5.26. The molecule has 2 aliphatic rings. The fourth-order valence-electron chi connectivity index (χ4n) is 1.58. The van der Waals surface area contributed by atoms with Crippen LogP contribution in [0, 0.1) is 0 Å². The van der Waals surface area contributed by atoms with Gasteiger partial charge in [-0.05, 0) is 12.8 Å². The summed E-state index contributed by atoms with van der Waals surface area (Å²) in [5.74, 6) is 1.06. The van der Waals surface area contributed by atoms with Gasteiger partial charge in [-0.15, -0.1) is 0 Å². The lowest BCUT2D eigenvalue weighted by atomic mass is 10.4. The van der Waals surface area contributed by atoms with E-state index in [9.17, 15) is 4.79 Å². The molecule has 2 unspecified atom stereocenters. The number of nitrogens with zero attached hydrogens (tertiary/aromatic N) is 1. The lowest BCUT2D eigenvalue weighted by Crippen LogP contribution is -2.26. The van der Waals surface area contributed by atoms with Gasteiger partial charge in [-0.25, -0.2) is 0 Å². The molecule has 0 aromatic rings. The molecule has 2 fully saturated rings. The third-order valence-electron chi connectivity index (χ3n) is 2.06. The van der Waals surface area contributed by atoms with Crippen LogP contribution in [0.25, 0.3) is 0 Å². The van der Waals surface area contributed by atoms with Crippen LogP contribution in [-0.4, -0.2) is 29.3 Å². The summed E-state index contributed by atoms with van der Waals surface area (Å²) in [6.45, 7) is 1.04. The van der Waals surface area contributed by atoms with Crippen molar-refractivity contribution in [1.29, 1.82) is 0 Å². The van der Waals surface area contributed by atoms with Crippen LogP contribution in [0.15, 0.2) is 0 Å². The molecule has 2 aliphatic heterocycles. The molecule has 0 bridgehead atoms. The number of carbonyl (C=O) groups excluding carboxylic acids is 1. The summed E-state index contributed by atoms with van der Waals surface area (Å²) < 4.78 is 0. The molecule has 2 atom stereocenters. The quantitative estimate of drug-likeness (QED) is 0.455. The molecule has 2 saturated heterocycles. The molecule has 0 spiro atoms. The van der Waals surface area contributed by atoms with Crippen molar-refractivity contribution in [3.63, 3.8) is 0 Å². The molecule has 2 heterocycles. The molecular formula is C6H10NOP. The molecule has 0 radical (unpaired) electrons. The second kappa shape index (κ2) is 1.95. The maximum absolute atomic E-state index is 11.0. The summed E-state index contributed by atoms with van der Waals surface area (Å²) in [6.07, 6.45) is 3.35.